The predicted molar refractivity (Wildman–Crippen MR) is 98.5 cm³/mol. The van der Waals surface area contributed by atoms with Gasteiger partial charge in [0.05, 0.1) is 5.52 Å². The van der Waals surface area contributed by atoms with Crippen LogP contribution in [0.3, 0.4) is 0 Å². The summed E-state index contributed by atoms with van der Waals surface area (Å²) in [5, 5.41) is 1.20. The zero-order chi connectivity index (χ0) is 15.8. The monoisotopic (exact) mass is 309 g/mol. The first-order valence-electron chi connectivity index (χ1n) is 7.61. The second kappa shape index (κ2) is 8.60. The van der Waals surface area contributed by atoms with Crippen molar-refractivity contribution in [3.63, 3.8) is 0 Å². The molecule has 0 spiro atoms. The van der Waals surface area contributed by atoms with E-state index in [1.54, 1.807) is 11.8 Å². The third-order valence-corrected chi connectivity index (χ3v) is 4.06. The Morgan fingerprint density at radius 3 is 2.23 bits per heavy atom. The molecule has 3 aromatic rings. The summed E-state index contributed by atoms with van der Waals surface area (Å²) >= 11 is 1.80. The lowest BCUT2D eigenvalue weighted by Crippen LogP contribution is -1.92. The number of pyridine rings is 1. The standard InChI is InChI=1S/C11H16S.C9H7N/c1-9(2)8-10-4-6-11(12-3)7-5-10;1-2-6-9-8(4-1)5-3-7-10-9/h4-7,9H,8H2,1-3H3;1-7H. The van der Waals surface area contributed by atoms with Crippen LogP contribution in [0.2, 0.25) is 0 Å². The summed E-state index contributed by atoms with van der Waals surface area (Å²) in [6.07, 6.45) is 5.11. The minimum atomic E-state index is 0.755. The van der Waals surface area contributed by atoms with E-state index in [2.05, 4.69) is 61.5 Å². The third kappa shape index (κ3) is 5.19. The molecule has 1 aromatic heterocycles. The number of benzene rings is 2. The summed E-state index contributed by atoms with van der Waals surface area (Å²) in [5.41, 5.74) is 2.51. The molecule has 2 heteroatoms. The summed E-state index contributed by atoms with van der Waals surface area (Å²) in [5.74, 6) is 0.755. The van der Waals surface area contributed by atoms with Crippen molar-refractivity contribution in [3.05, 3.63) is 72.4 Å². The fourth-order valence-corrected chi connectivity index (χ4v) is 2.66. The van der Waals surface area contributed by atoms with Gasteiger partial charge in [-0.05, 0) is 48.4 Å². The average molecular weight is 309 g/mol. The van der Waals surface area contributed by atoms with E-state index in [9.17, 15) is 0 Å². The van der Waals surface area contributed by atoms with Crippen LogP contribution in [-0.2, 0) is 6.42 Å². The summed E-state index contributed by atoms with van der Waals surface area (Å²) in [6, 6.07) is 20.9. The molecule has 0 aliphatic rings. The van der Waals surface area contributed by atoms with Crippen LogP contribution in [0.4, 0.5) is 0 Å². The smallest absolute Gasteiger partial charge is 0.0701 e. The van der Waals surface area contributed by atoms with Gasteiger partial charge in [-0.3, -0.25) is 4.98 Å². The molecule has 0 saturated carbocycles. The number of nitrogens with zero attached hydrogens (tertiary/aromatic N) is 1. The van der Waals surface area contributed by atoms with Gasteiger partial charge in [0.25, 0.3) is 0 Å². The molecule has 0 atom stereocenters. The highest BCUT2D eigenvalue weighted by atomic mass is 32.2. The van der Waals surface area contributed by atoms with E-state index >= 15 is 0 Å². The molecule has 1 nitrogen and oxygen atoms in total. The second-order valence-electron chi connectivity index (χ2n) is 5.64. The van der Waals surface area contributed by atoms with Crippen molar-refractivity contribution >= 4 is 22.7 Å². The van der Waals surface area contributed by atoms with E-state index in [4.69, 9.17) is 0 Å². The van der Waals surface area contributed by atoms with Crippen LogP contribution >= 0.6 is 11.8 Å². The van der Waals surface area contributed by atoms with Crippen molar-refractivity contribution in [2.75, 3.05) is 6.26 Å². The van der Waals surface area contributed by atoms with Gasteiger partial charge in [-0.1, -0.05) is 50.2 Å². The minimum absolute atomic E-state index is 0.755. The lowest BCUT2D eigenvalue weighted by atomic mass is 10.0. The van der Waals surface area contributed by atoms with Gasteiger partial charge in [-0.2, -0.15) is 0 Å². The van der Waals surface area contributed by atoms with Gasteiger partial charge in [0.1, 0.15) is 0 Å². The Kier molecular flexibility index (Phi) is 6.47. The molecule has 0 bridgehead atoms. The molecule has 3 rings (SSSR count). The van der Waals surface area contributed by atoms with Gasteiger partial charge < -0.3 is 0 Å². The van der Waals surface area contributed by atoms with Gasteiger partial charge in [-0.15, -0.1) is 11.8 Å². The molecular weight excluding hydrogens is 286 g/mol. The van der Waals surface area contributed by atoms with Gasteiger partial charge in [-0.25, -0.2) is 0 Å². The third-order valence-electron chi connectivity index (χ3n) is 3.32. The van der Waals surface area contributed by atoms with Crippen LogP contribution in [0.25, 0.3) is 10.9 Å². The number of rotatable bonds is 3. The van der Waals surface area contributed by atoms with Crippen molar-refractivity contribution in [2.24, 2.45) is 5.92 Å². The largest absolute Gasteiger partial charge is 0.256 e. The summed E-state index contributed by atoms with van der Waals surface area (Å²) in [7, 11) is 0. The topological polar surface area (TPSA) is 12.9 Å². The minimum Gasteiger partial charge on any atom is -0.256 e. The van der Waals surface area contributed by atoms with E-state index in [0.29, 0.717) is 0 Å². The maximum atomic E-state index is 4.18. The first-order valence-corrected chi connectivity index (χ1v) is 8.84. The Morgan fingerprint density at radius 1 is 0.909 bits per heavy atom. The Balaban J connectivity index is 0.000000162. The van der Waals surface area contributed by atoms with Gasteiger partial charge in [0, 0.05) is 16.5 Å². The quantitative estimate of drug-likeness (QED) is 0.563. The fraction of sp³-hybridized carbons (Fsp3) is 0.250. The van der Waals surface area contributed by atoms with Crippen LogP contribution in [0, 0.1) is 5.92 Å². The Labute approximate surface area is 137 Å². The number of aromatic nitrogens is 1. The Morgan fingerprint density at radius 2 is 1.59 bits per heavy atom. The number of hydrogen-bond donors (Lipinski definition) is 0. The maximum absolute atomic E-state index is 4.18. The number of para-hydroxylation sites is 1. The lowest BCUT2D eigenvalue weighted by Gasteiger charge is -2.04. The second-order valence-corrected chi connectivity index (χ2v) is 6.52. The molecule has 1 heterocycles. The van der Waals surface area contributed by atoms with E-state index < -0.39 is 0 Å². The van der Waals surface area contributed by atoms with E-state index in [1.165, 1.54) is 22.3 Å². The first-order chi connectivity index (χ1) is 10.7. The highest BCUT2D eigenvalue weighted by molar-refractivity contribution is 7.98. The molecule has 2 aromatic carbocycles. The maximum Gasteiger partial charge on any atom is 0.0701 e. The van der Waals surface area contributed by atoms with Crippen molar-refractivity contribution < 1.29 is 0 Å². The number of thioether (sulfide) groups is 1. The normalized spacial score (nSPS) is 10.4. The summed E-state index contributed by atoms with van der Waals surface area (Å²) in [6.45, 7) is 4.50. The van der Waals surface area contributed by atoms with Gasteiger partial charge in [0.15, 0.2) is 0 Å². The van der Waals surface area contributed by atoms with E-state index in [0.717, 1.165) is 11.4 Å². The molecule has 0 N–H and O–H groups in total. The van der Waals surface area contributed by atoms with Gasteiger partial charge in [0.2, 0.25) is 0 Å². The summed E-state index contributed by atoms with van der Waals surface area (Å²) in [4.78, 5) is 5.53. The zero-order valence-corrected chi connectivity index (χ0v) is 14.3. The van der Waals surface area contributed by atoms with Crippen molar-refractivity contribution in [2.45, 2.75) is 25.2 Å². The molecule has 0 aliphatic heterocycles. The molecule has 114 valence electrons. The van der Waals surface area contributed by atoms with Gasteiger partial charge >= 0.3 is 0 Å². The van der Waals surface area contributed by atoms with Crippen molar-refractivity contribution in [3.8, 4) is 0 Å². The molecule has 0 fully saturated rings. The molecule has 0 amide bonds. The zero-order valence-electron chi connectivity index (χ0n) is 13.5. The molecule has 0 saturated heterocycles. The molecule has 0 aliphatic carbocycles. The van der Waals surface area contributed by atoms with Crippen LogP contribution in [-0.4, -0.2) is 11.2 Å². The van der Waals surface area contributed by atoms with Crippen LogP contribution in [0.5, 0.6) is 0 Å². The predicted octanol–water partition coefficient (Wildman–Crippen LogP) is 5.84. The van der Waals surface area contributed by atoms with E-state index in [1.807, 2.05) is 30.5 Å². The molecule has 22 heavy (non-hydrogen) atoms. The Hall–Kier alpha value is -1.80. The SMILES string of the molecule is CSc1ccc(CC(C)C)cc1.c1ccc2ncccc2c1. The lowest BCUT2D eigenvalue weighted by molar-refractivity contribution is 0.647. The highest BCUT2D eigenvalue weighted by Gasteiger charge is 1.96. The van der Waals surface area contributed by atoms with Crippen LogP contribution < -0.4 is 0 Å². The summed E-state index contributed by atoms with van der Waals surface area (Å²) < 4.78 is 0. The highest BCUT2D eigenvalue weighted by Crippen LogP contribution is 2.16. The number of hydrogen-bond acceptors (Lipinski definition) is 2. The molecule has 0 radical (unpaired) electrons. The van der Waals surface area contributed by atoms with Crippen LogP contribution in [0.1, 0.15) is 19.4 Å². The van der Waals surface area contributed by atoms with Crippen molar-refractivity contribution in [1.29, 1.82) is 0 Å². The average Bonchev–Trinajstić information content (AvgIpc) is 2.56. The van der Waals surface area contributed by atoms with Crippen LogP contribution in [0.15, 0.2) is 71.8 Å². The molecule has 0 unspecified atom stereocenters. The number of fused-ring (bicyclic) bond motifs is 1. The van der Waals surface area contributed by atoms with Crippen molar-refractivity contribution in [1.82, 2.24) is 4.98 Å². The van der Waals surface area contributed by atoms with E-state index in [-0.39, 0.29) is 0 Å². The molecular formula is C20H23NS. The first kappa shape index (κ1) is 16.6. The fourth-order valence-electron chi connectivity index (χ4n) is 2.25. The Bertz CT molecular complexity index is 624.